The van der Waals surface area contributed by atoms with E-state index in [-0.39, 0.29) is 17.6 Å². The van der Waals surface area contributed by atoms with Crippen molar-refractivity contribution in [1.82, 2.24) is 4.90 Å². The third-order valence-electron chi connectivity index (χ3n) is 3.42. The van der Waals surface area contributed by atoms with E-state index < -0.39 is 0 Å². The van der Waals surface area contributed by atoms with Gasteiger partial charge in [-0.15, -0.1) is 11.8 Å². The van der Waals surface area contributed by atoms with E-state index >= 15 is 0 Å². The highest BCUT2D eigenvalue weighted by Gasteiger charge is 2.14. The van der Waals surface area contributed by atoms with Crippen LogP contribution in [0.2, 0.25) is 5.02 Å². The Kier molecular flexibility index (Phi) is 6.29. The van der Waals surface area contributed by atoms with Gasteiger partial charge in [0.1, 0.15) is 0 Å². The third kappa shape index (κ3) is 4.76. The van der Waals surface area contributed by atoms with E-state index in [1.165, 1.54) is 16.7 Å². The van der Waals surface area contributed by atoms with Crippen molar-refractivity contribution in [2.75, 3.05) is 25.2 Å². The molecule has 0 aromatic heterocycles. The first-order chi connectivity index (χ1) is 11.4. The summed E-state index contributed by atoms with van der Waals surface area (Å²) in [6.45, 7) is 1.89. The number of nitrogens with one attached hydrogen (secondary N) is 1. The molecule has 0 aliphatic heterocycles. The summed E-state index contributed by atoms with van der Waals surface area (Å²) in [6.07, 6.45) is 0. The topological polar surface area (TPSA) is 49.4 Å². The molecule has 0 atom stereocenters. The highest BCUT2D eigenvalue weighted by atomic mass is 35.5. The van der Waals surface area contributed by atoms with E-state index in [0.717, 1.165) is 10.5 Å². The fourth-order valence-electron chi connectivity index (χ4n) is 2.01. The lowest BCUT2D eigenvalue weighted by molar-refractivity contribution is -0.125. The Bertz CT molecular complexity index is 762. The molecule has 6 heteroatoms. The Morgan fingerprint density at radius 2 is 1.88 bits per heavy atom. The maximum Gasteiger partial charge on any atom is 0.256 e. The zero-order valence-corrected chi connectivity index (χ0v) is 15.4. The van der Waals surface area contributed by atoms with Crippen molar-refractivity contribution in [3.63, 3.8) is 0 Å². The van der Waals surface area contributed by atoms with Gasteiger partial charge in [0.25, 0.3) is 5.91 Å². The summed E-state index contributed by atoms with van der Waals surface area (Å²) in [5.41, 5.74) is 2.15. The molecule has 0 aliphatic carbocycles. The standard InChI is InChI=1S/C18H19ClN2O2S/c1-12-10-13(19)8-9-15(12)20-18(23)14-6-4-5-7-16(14)24-11-17(22)21(2)3/h4-10H,11H2,1-3H3,(H,20,23). The smallest absolute Gasteiger partial charge is 0.256 e. The Hall–Kier alpha value is -1.98. The molecule has 0 bridgehead atoms. The number of halogens is 1. The lowest BCUT2D eigenvalue weighted by Crippen LogP contribution is -2.23. The number of thioether (sulfide) groups is 1. The summed E-state index contributed by atoms with van der Waals surface area (Å²) in [5.74, 6) is 0.0849. The average molecular weight is 363 g/mol. The minimum Gasteiger partial charge on any atom is -0.348 e. The largest absolute Gasteiger partial charge is 0.348 e. The monoisotopic (exact) mass is 362 g/mol. The summed E-state index contributed by atoms with van der Waals surface area (Å²) < 4.78 is 0. The molecule has 0 radical (unpaired) electrons. The molecular weight excluding hydrogens is 344 g/mol. The van der Waals surface area contributed by atoms with Gasteiger partial charge in [0.05, 0.1) is 11.3 Å². The van der Waals surface area contributed by atoms with E-state index in [4.69, 9.17) is 11.6 Å². The highest BCUT2D eigenvalue weighted by Crippen LogP contribution is 2.25. The van der Waals surface area contributed by atoms with Crippen LogP contribution in [-0.4, -0.2) is 36.6 Å². The molecule has 0 saturated heterocycles. The summed E-state index contributed by atoms with van der Waals surface area (Å²) in [4.78, 5) is 26.7. The molecular formula is C18H19ClN2O2S. The van der Waals surface area contributed by atoms with Crippen molar-refractivity contribution in [2.24, 2.45) is 0 Å². The lowest BCUT2D eigenvalue weighted by Gasteiger charge is -2.13. The molecule has 1 N–H and O–H groups in total. The first-order valence-electron chi connectivity index (χ1n) is 7.38. The van der Waals surface area contributed by atoms with Gasteiger partial charge in [-0.05, 0) is 42.8 Å². The van der Waals surface area contributed by atoms with E-state index in [1.807, 2.05) is 25.1 Å². The van der Waals surface area contributed by atoms with Gasteiger partial charge in [-0.25, -0.2) is 0 Å². The van der Waals surface area contributed by atoms with Gasteiger partial charge in [-0.2, -0.15) is 0 Å². The summed E-state index contributed by atoms with van der Waals surface area (Å²) in [7, 11) is 3.43. The Morgan fingerprint density at radius 1 is 1.17 bits per heavy atom. The van der Waals surface area contributed by atoms with Crippen molar-refractivity contribution in [2.45, 2.75) is 11.8 Å². The summed E-state index contributed by atoms with van der Waals surface area (Å²) in [6, 6.07) is 12.6. The molecule has 0 heterocycles. The minimum atomic E-state index is -0.208. The average Bonchev–Trinajstić information content (AvgIpc) is 2.55. The molecule has 0 fully saturated rings. The normalized spacial score (nSPS) is 10.3. The van der Waals surface area contributed by atoms with Crippen LogP contribution in [0.5, 0.6) is 0 Å². The van der Waals surface area contributed by atoms with Crippen LogP contribution in [-0.2, 0) is 4.79 Å². The van der Waals surface area contributed by atoms with Gasteiger partial charge in [0.2, 0.25) is 5.91 Å². The number of hydrogen-bond acceptors (Lipinski definition) is 3. The van der Waals surface area contributed by atoms with Gasteiger partial charge >= 0.3 is 0 Å². The number of carbonyl (C=O) groups is 2. The van der Waals surface area contributed by atoms with Crippen molar-refractivity contribution >= 4 is 40.9 Å². The minimum absolute atomic E-state index is 0.00348. The lowest BCUT2D eigenvalue weighted by atomic mass is 10.1. The molecule has 2 amide bonds. The van der Waals surface area contributed by atoms with Gasteiger partial charge in [-0.3, -0.25) is 9.59 Å². The molecule has 24 heavy (non-hydrogen) atoms. The Balaban J connectivity index is 2.16. The predicted molar refractivity (Wildman–Crippen MR) is 100 cm³/mol. The quantitative estimate of drug-likeness (QED) is 0.815. The second-order valence-corrected chi connectivity index (χ2v) is 6.94. The first kappa shape index (κ1) is 18.4. The van der Waals surface area contributed by atoms with Crippen LogP contribution >= 0.6 is 23.4 Å². The number of carbonyl (C=O) groups excluding carboxylic acids is 2. The number of amides is 2. The summed E-state index contributed by atoms with van der Waals surface area (Å²) in [5, 5.41) is 3.53. The molecule has 0 spiro atoms. The Labute approximate surface area is 151 Å². The molecule has 0 saturated carbocycles. The van der Waals surface area contributed by atoms with Gasteiger partial charge in [0, 0.05) is 29.7 Å². The van der Waals surface area contributed by atoms with E-state index in [2.05, 4.69) is 5.32 Å². The second kappa shape index (κ2) is 8.22. The van der Waals surface area contributed by atoms with Crippen LogP contribution in [0.15, 0.2) is 47.4 Å². The number of benzene rings is 2. The van der Waals surface area contributed by atoms with E-state index in [9.17, 15) is 9.59 Å². The van der Waals surface area contributed by atoms with Gasteiger partial charge in [0.15, 0.2) is 0 Å². The predicted octanol–water partition coefficient (Wildman–Crippen LogP) is 4.08. The number of hydrogen-bond donors (Lipinski definition) is 1. The Morgan fingerprint density at radius 3 is 2.54 bits per heavy atom. The van der Waals surface area contributed by atoms with Crippen molar-refractivity contribution in [1.29, 1.82) is 0 Å². The van der Waals surface area contributed by atoms with Crippen LogP contribution < -0.4 is 5.32 Å². The molecule has 2 rings (SSSR count). The van der Waals surface area contributed by atoms with Gasteiger partial charge < -0.3 is 10.2 Å². The molecule has 2 aromatic rings. The number of rotatable bonds is 5. The second-order valence-electron chi connectivity index (χ2n) is 5.49. The van der Waals surface area contributed by atoms with Crippen LogP contribution in [0.3, 0.4) is 0 Å². The number of nitrogens with zero attached hydrogens (tertiary/aromatic N) is 1. The summed E-state index contributed by atoms with van der Waals surface area (Å²) >= 11 is 7.30. The van der Waals surface area contributed by atoms with Crippen LogP contribution in [0.4, 0.5) is 5.69 Å². The highest BCUT2D eigenvalue weighted by molar-refractivity contribution is 8.00. The van der Waals surface area contributed by atoms with Crippen LogP contribution in [0.25, 0.3) is 0 Å². The molecule has 126 valence electrons. The molecule has 0 unspecified atom stereocenters. The molecule has 0 aliphatic rings. The molecule has 4 nitrogen and oxygen atoms in total. The van der Waals surface area contributed by atoms with Crippen LogP contribution in [0, 0.1) is 6.92 Å². The maximum absolute atomic E-state index is 12.6. The third-order valence-corrected chi connectivity index (χ3v) is 4.71. The first-order valence-corrected chi connectivity index (χ1v) is 8.74. The van der Waals surface area contributed by atoms with E-state index in [1.54, 1.807) is 38.4 Å². The fraction of sp³-hybridized carbons (Fsp3) is 0.222. The van der Waals surface area contributed by atoms with Crippen LogP contribution in [0.1, 0.15) is 15.9 Å². The van der Waals surface area contributed by atoms with Gasteiger partial charge in [-0.1, -0.05) is 23.7 Å². The van der Waals surface area contributed by atoms with Crippen molar-refractivity contribution < 1.29 is 9.59 Å². The molecule has 2 aromatic carbocycles. The van der Waals surface area contributed by atoms with Crippen molar-refractivity contribution in [3.8, 4) is 0 Å². The zero-order valence-electron chi connectivity index (χ0n) is 13.8. The number of aryl methyl sites for hydroxylation is 1. The SMILES string of the molecule is Cc1cc(Cl)ccc1NC(=O)c1ccccc1SCC(=O)N(C)C. The van der Waals surface area contributed by atoms with Crippen molar-refractivity contribution in [3.05, 3.63) is 58.6 Å². The van der Waals surface area contributed by atoms with E-state index in [0.29, 0.717) is 16.3 Å². The zero-order chi connectivity index (χ0) is 17.7. The number of anilines is 1. The maximum atomic E-state index is 12.6. The fourth-order valence-corrected chi connectivity index (χ4v) is 3.26.